The van der Waals surface area contributed by atoms with Crippen LogP contribution in [0.3, 0.4) is 0 Å². The van der Waals surface area contributed by atoms with Crippen LogP contribution >= 0.6 is 0 Å². The largest absolute Gasteiger partial charge is 0.375 e. The van der Waals surface area contributed by atoms with Crippen LogP contribution in [0.15, 0.2) is 30.3 Å². The van der Waals surface area contributed by atoms with Crippen molar-refractivity contribution in [3.05, 3.63) is 35.9 Å². The van der Waals surface area contributed by atoms with E-state index in [9.17, 15) is 8.42 Å². The molecule has 0 spiro atoms. The van der Waals surface area contributed by atoms with Crippen molar-refractivity contribution in [2.45, 2.75) is 32.3 Å². The molecule has 4 nitrogen and oxygen atoms in total. The summed E-state index contributed by atoms with van der Waals surface area (Å²) >= 11 is 0. The van der Waals surface area contributed by atoms with Gasteiger partial charge in [0.1, 0.15) is 0 Å². The average molecular weight is 297 g/mol. The highest BCUT2D eigenvalue weighted by Gasteiger charge is 2.28. The second-order valence-corrected chi connectivity index (χ2v) is 7.28. The lowest BCUT2D eigenvalue weighted by molar-refractivity contribution is -0.00524. The molecular formula is C15H23NO3S. The van der Waals surface area contributed by atoms with Crippen molar-refractivity contribution >= 4 is 10.0 Å². The molecule has 0 amide bonds. The van der Waals surface area contributed by atoms with Crippen LogP contribution in [0.4, 0.5) is 0 Å². The summed E-state index contributed by atoms with van der Waals surface area (Å²) in [7, 11) is -3.10. The van der Waals surface area contributed by atoms with Gasteiger partial charge in [-0.3, -0.25) is 0 Å². The zero-order valence-corrected chi connectivity index (χ0v) is 12.8. The first-order valence-electron chi connectivity index (χ1n) is 7.25. The normalized spacial score (nSPS) is 20.9. The number of hydrogen-bond acceptors (Lipinski definition) is 3. The zero-order valence-electron chi connectivity index (χ0n) is 12.0. The molecular weight excluding hydrogens is 274 g/mol. The standard InChI is InChI=1S/C15H23NO3S/c1-2-12-20(17,18)16-10-11-19-15(13-16)9-8-14-6-4-3-5-7-14/h3-7,15H,2,8-13H2,1H3. The summed E-state index contributed by atoms with van der Waals surface area (Å²) in [6.45, 7) is 3.38. The monoisotopic (exact) mass is 297 g/mol. The molecule has 2 rings (SSSR count). The lowest BCUT2D eigenvalue weighted by Crippen LogP contribution is -2.46. The zero-order chi connectivity index (χ0) is 14.4. The number of ether oxygens (including phenoxy) is 1. The molecule has 0 aliphatic carbocycles. The van der Waals surface area contributed by atoms with Crippen molar-refractivity contribution < 1.29 is 13.2 Å². The number of sulfonamides is 1. The van der Waals surface area contributed by atoms with Crippen LogP contribution in [-0.4, -0.2) is 44.3 Å². The van der Waals surface area contributed by atoms with Gasteiger partial charge in [-0.05, 0) is 24.8 Å². The Bertz CT molecular complexity index is 501. The second kappa shape index (κ2) is 7.20. The number of aryl methyl sites for hydroxylation is 1. The van der Waals surface area contributed by atoms with Gasteiger partial charge in [0.2, 0.25) is 10.0 Å². The molecule has 20 heavy (non-hydrogen) atoms. The average Bonchev–Trinajstić information content (AvgIpc) is 2.46. The number of benzene rings is 1. The quantitative estimate of drug-likeness (QED) is 0.807. The third kappa shape index (κ3) is 4.30. The number of hydrogen-bond donors (Lipinski definition) is 0. The fourth-order valence-corrected chi connectivity index (χ4v) is 4.00. The van der Waals surface area contributed by atoms with Gasteiger partial charge in [0.05, 0.1) is 18.5 Å². The van der Waals surface area contributed by atoms with Crippen molar-refractivity contribution in [1.82, 2.24) is 4.31 Å². The third-order valence-electron chi connectivity index (χ3n) is 3.55. The van der Waals surface area contributed by atoms with E-state index in [0.29, 0.717) is 26.1 Å². The van der Waals surface area contributed by atoms with Gasteiger partial charge in [0, 0.05) is 13.1 Å². The summed E-state index contributed by atoms with van der Waals surface area (Å²) < 4.78 is 31.4. The van der Waals surface area contributed by atoms with E-state index in [1.807, 2.05) is 25.1 Å². The van der Waals surface area contributed by atoms with Crippen LogP contribution in [0.5, 0.6) is 0 Å². The van der Waals surface area contributed by atoms with Crippen molar-refractivity contribution in [1.29, 1.82) is 0 Å². The molecule has 0 bridgehead atoms. The maximum Gasteiger partial charge on any atom is 0.214 e. The SMILES string of the molecule is CCCS(=O)(=O)N1CCOC(CCc2ccccc2)C1. The summed E-state index contributed by atoms with van der Waals surface area (Å²) in [5, 5.41) is 0. The molecule has 0 radical (unpaired) electrons. The number of morpholine rings is 1. The van der Waals surface area contributed by atoms with Gasteiger partial charge in [0.25, 0.3) is 0 Å². The number of nitrogens with zero attached hydrogens (tertiary/aromatic N) is 1. The van der Waals surface area contributed by atoms with Crippen LogP contribution in [0.25, 0.3) is 0 Å². The van der Waals surface area contributed by atoms with E-state index in [1.165, 1.54) is 5.56 Å². The molecule has 0 saturated carbocycles. The summed E-state index contributed by atoms with van der Waals surface area (Å²) in [6.07, 6.45) is 2.46. The van der Waals surface area contributed by atoms with Crippen LogP contribution in [0, 0.1) is 0 Å². The minimum Gasteiger partial charge on any atom is -0.375 e. The van der Waals surface area contributed by atoms with Crippen LogP contribution < -0.4 is 0 Å². The topological polar surface area (TPSA) is 46.6 Å². The highest BCUT2D eigenvalue weighted by molar-refractivity contribution is 7.89. The molecule has 5 heteroatoms. The maximum atomic E-state index is 12.1. The third-order valence-corrected chi connectivity index (χ3v) is 5.60. The van der Waals surface area contributed by atoms with Gasteiger partial charge in [0.15, 0.2) is 0 Å². The summed E-state index contributed by atoms with van der Waals surface area (Å²) in [6, 6.07) is 10.2. The molecule has 0 aromatic heterocycles. The first-order chi connectivity index (χ1) is 9.62. The van der Waals surface area contributed by atoms with E-state index >= 15 is 0 Å². The molecule has 1 unspecified atom stereocenters. The summed E-state index contributed by atoms with van der Waals surface area (Å²) in [5.41, 5.74) is 1.27. The van der Waals surface area contributed by atoms with E-state index in [-0.39, 0.29) is 11.9 Å². The second-order valence-electron chi connectivity index (χ2n) is 5.19. The first kappa shape index (κ1) is 15.5. The fraction of sp³-hybridized carbons (Fsp3) is 0.600. The maximum absolute atomic E-state index is 12.1. The Balaban J connectivity index is 1.88. The molecule has 1 aromatic carbocycles. The molecule has 1 fully saturated rings. The van der Waals surface area contributed by atoms with Gasteiger partial charge >= 0.3 is 0 Å². The Kier molecular flexibility index (Phi) is 5.57. The highest BCUT2D eigenvalue weighted by Crippen LogP contribution is 2.15. The first-order valence-corrected chi connectivity index (χ1v) is 8.86. The van der Waals surface area contributed by atoms with Crippen LogP contribution in [0.1, 0.15) is 25.3 Å². The van der Waals surface area contributed by atoms with Gasteiger partial charge in [-0.2, -0.15) is 4.31 Å². The van der Waals surface area contributed by atoms with Crippen LogP contribution in [0.2, 0.25) is 0 Å². The predicted molar refractivity (Wildman–Crippen MR) is 80.2 cm³/mol. The van der Waals surface area contributed by atoms with Gasteiger partial charge in [-0.1, -0.05) is 37.3 Å². The fourth-order valence-electron chi connectivity index (χ4n) is 2.48. The van der Waals surface area contributed by atoms with E-state index in [1.54, 1.807) is 4.31 Å². The number of rotatable bonds is 6. The summed E-state index contributed by atoms with van der Waals surface area (Å²) in [4.78, 5) is 0. The van der Waals surface area contributed by atoms with E-state index in [0.717, 1.165) is 12.8 Å². The minimum atomic E-state index is -3.10. The van der Waals surface area contributed by atoms with Crippen molar-refractivity contribution in [3.63, 3.8) is 0 Å². The van der Waals surface area contributed by atoms with Gasteiger partial charge in [-0.15, -0.1) is 0 Å². The molecule has 1 aliphatic heterocycles. The van der Waals surface area contributed by atoms with Crippen LogP contribution in [-0.2, 0) is 21.2 Å². The van der Waals surface area contributed by atoms with Crippen molar-refractivity contribution in [2.24, 2.45) is 0 Å². The van der Waals surface area contributed by atoms with Crippen molar-refractivity contribution in [2.75, 3.05) is 25.4 Å². The lowest BCUT2D eigenvalue weighted by Gasteiger charge is -2.32. The molecule has 1 atom stereocenters. The van der Waals surface area contributed by atoms with E-state index in [4.69, 9.17) is 4.74 Å². The van der Waals surface area contributed by atoms with Gasteiger partial charge in [-0.25, -0.2) is 8.42 Å². The smallest absolute Gasteiger partial charge is 0.214 e. The Morgan fingerprint density at radius 1 is 1.30 bits per heavy atom. The highest BCUT2D eigenvalue weighted by atomic mass is 32.2. The minimum absolute atomic E-state index is 0.00980. The summed E-state index contributed by atoms with van der Waals surface area (Å²) in [5.74, 6) is 0.235. The Morgan fingerprint density at radius 2 is 2.05 bits per heavy atom. The molecule has 1 aromatic rings. The molecule has 1 heterocycles. The Hall–Kier alpha value is -0.910. The molecule has 0 N–H and O–H groups in total. The van der Waals surface area contributed by atoms with E-state index in [2.05, 4.69) is 12.1 Å². The molecule has 112 valence electrons. The lowest BCUT2D eigenvalue weighted by atomic mass is 10.1. The van der Waals surface area contributed by atoms with Gasteiger partial charge < -0.3 is 4.74 Å². The Morgan fingerprint density at radius 3 is 2.75 bits per heavy atom. The van der Waals surface area contributed by atoms with Crippen molar-refractivity contribution in [3.8, 4) is 0 Å². The van der Waals surface area contributed by atoms with E-state index < -0.39 is 10.0 Å². The Labute approximate surface area is 121 Å². The molecule has 1 saturated heterocycles. The predicted octanol–water partition coefficient (Wildman–Crippen LogP) is 2.06. The molecule has 1 aliphatic rings.